The van der Waals surface area contributed by atoms with Crippen molar-refractivity contribution in [3.8, 4) is 5.75 Å². The van der Waals surface area contributed by atoms with Crippen LogP contribution in [0.1, 0.15) is 46.1 Å². The molecule has 21 heavy (non-hydrogen) atoms. The molecule has 0 spiro atoms. The van der Waals surface area contributed by atoms with Crippen molar-refractivity contribution in [2.75, 3.05) is 12.4 Å². The van der Waals surface area contributed by atoms with E-state index in [2.05, 4.69) is 32.9 Å². The Bertz CT molecular complexity index is 530. The lowest BCUT2D eigenvalue weighted by Gasteiger charge is -2.19. The average molecular weight is 333 g/mol. The topological polar surface area (TPSA) is 43.4 Å². The molecular formula is C16H25ClO3S. The molecule has 0 saturated carbocycles. The highest BCUT2D eigenvalue weighted by Crippen LogP contribution is 2.24. The maximum Gasteiger partial charge on any atom is 0.232 e. The van der Waals surface area contributed by atoms with Crippen LogP contribution >= 0.6 is 10.7 Å². The lowest BCUT2D eigenvalue weighted by molar-refractivity contribution is 0.282. The third-order valence-electron chi connectivity index (χ3n) is 3.45. The molecule has 120 valence electrons. The van der Waals surface area contributed by atoms with Crippen molar-refractivity contribution < 1.29 is 13.2 Å². The van der Waals surface area contributed by atoms with Gasteiger partial charge in [0, 0.05) is 10.7 Å². The van der Waals surface area contributed by atoms with Gasteiger partial charge in [-0.15, -0.1) is 0 Å². The lowest BCUT2D eigenvalue weighted by atomic mass is 9.87. The molecule has 0 heterocycles. The van der Waals surface area contributed by atoms with Crippen LogP contribution in [0.4, 0.5) is 0 Å². The predicted octanol–water partition coefficient (Wildman–Crippen LogP) is 4.35. The zero-order chi connectivity index (χ0) is 16.1. The minimum absolute atomic E-state index is 0.0238. The first-order chi connectivity index (χ1) is 9.58. The van der Waals surface area contributed by atoms with Crippen molar-refractivity contribution in [3.05, 3.63) is 29.8 Å². The normalized spacial score (nSPS) is 14.0. The van der Waals surface area contributed by atoms with Crippen LogP contribution in [0.25, 0.3) is 0 Å². The van der Waals surface area contributed by atoms with Gasteiger partial charge in [-0.1, -0.05) is 39.8 Å². The Hall–Kier alpha value is -0.740. The van der Waals surface area contributed by atoms with Gasteiger partial charge in [0.2, 0.25) is 9.05 Å². The summed E-state index contributed by atoms with van der Waals surface area (Å²) in [5.41, 5.74) is 1.41. The third kappa shape index (κ3) is 7.72. The standard InChI is InChI=1S/C16H25ClO3S/c1-13(10-12-21(17,18)19)9-11-20-15-7-5-14(6-8-15)16(2,3)4/h5-8,13H,9-12H2,1-4H3. The van der Waals surface area contributed by atoms with E-state index in [0.29, 0.717) is 13.0 Å². The van der Waals surface area contributed by atoms with Crippen LogP contribution in [0, 0.1) is 5.92 Å². The Labute approximate surface area is 133 Å². The van der Waals surface area contributed by atoms with Crippen LogP contribution in [0.5, 0.6) is 5.75 Å². The smallest absolute Gasteiger partial charge is 0.232 e. The number of hydrogen-bond donors (Lipinski definition) is 0. The number of benzene rings is 1. The van der Waals surface area contributed by atoms with Crippen LogP contribution in [0.3, 0.4) is 0 Å². The molecule has 1 rings (SSSR count). The number of ether oxygens (including phenoxy) is 1. The molecule has 0 saturated heterocycles. The molecule has 0 aliphatic rings. The van der Waals surface area contributed by atoms with E-state index < -0.39 is 9.05 Å². The fourth-order valence-corrected chi connectivity index (χ4v) is 2.87. The SMILES string of the molecule is CC(CCOc1ccc(C(C)(C)C)cc1)CCS(=O)(=O)Cl. The summed E-state index contributed by atoms with van der Waals surface area (Å²) in [5, 5.41) is 0. The zero-order valence-corrected chi connectivity index (χ0v) is 14.8. The summed E-state index contributed by atoms with van der Waals surface area (Å²) in [4.78, 5) is 0. The summed E-state index contributed by atoms with van der Waals surface area (Å²) >= 11 is 0. The summed E-state index contributed by atoms with van der Waals surface area (Å²) in [5.74, 6) is 1.14. The maximum atomic E-state index is 10.9. The Morgan fingerprint density at radius 3 is 2.19 bits per heavy atom. The molecule has 0 radical (unpaired) electrons. The molecule has 0 bridgehead atoms. The lowest BCUT2D eigenvalue weighted by Crippen LogP contribution is -2.11. The van der Waals surface area contributed by atoms with Gasteiger partial charge in [0.05, 0.1) is 12.4 Å². The Morgan fingerprint density at radius 1 is 1.14 bits per heavy atom. The summed E-state index contributed by atoms with van der Waals surface area (Å²) in [6.07, 6.45) is 1.38. The Kier molecular flexibility index (Phi) is 6.54. The van der Waals surface area contributed by atoms with Crippen molar-refractivity contribution >= 4 is 19.7 Å². The van der Waals surface area contributed by atoms with E-state index in [-0.39, 0.29) is 17.1 Å². The minimum atomic E-state index is -3.38. The van der Waals surface area contributed by atoms with Gasteiger partial charge in [-0.2, -0.15) is 0 Å². The van der Waals surface area contributed by atoms with Gasteiger partial charge >= 0.3 is 0 Å². The largest absolute Gasteiger partial charge is 0.494 e. The second-order valence-electron chi connectivity index (χ2n) is 6.55. The van der Waals surface area contributed by atoms with E-state index in [4.69, 9.17) is 15.4 Å². The number of hydrogen-bond acceptors (Lipinski definition) is 3. The Balaban J connectivity index is 2.36. The first-order valence-electron chi connectivity index (χ1n) is 7.23. The van der Waals surface area contributed by atoms with E-state index >= 15 is 0 Å². The fourth-order valence-electron chi connectivity index (χ4n) is 1.92. The summed E-state index contributed by atoms with van der Waals surface area (Å²) in [6.45, 7) is 9.12. The van der Waals surface area contributed by atoms with Crippen molar-refractivity contribution in [2.24, 2.45) is 5.92 Å². The summed E-state index contributed by atoms with van der Waals surface area (Å²) in [7, 11) is 1.82. The molecule has 3 nitrogen and oxygen atoms in total. The highest BCUT2D eigenvalue weighted by molar-refractivity contribution is 8.13. The highest BCUT2D eigenvalue weighted by atomic mass is 35.7. The fraction of sp³-hybridized carbons (Fsp3) is 0.625. The van der Waals surface area contributed by atoms with Gasteiger partial charge in [-0.25, -0.2) is 8.42 Å². The van der Waals surface area contributed by atoms with Gasteiger partial charge in [-0.05, 0) is 41.9 Å². The second kappa shape index (κ2) is 7.50. The van der Waals surface area contributed by atoms with E-state index in [1.807, 2.05) is 19.1 Å². The quantitative estimate of drug-likeness (QED) is 0.697. The molecule has 1 atom stereocenters. The monoisotopic (exact) mass is 332 g/mol. The third-order valence-corrected chi connectivity index (χ3v) is 4.64. The molecule has 0 aliphatic carbocycles. The first-order valence-corrected chi connectivity index (χ1v) is 9.71. The maximum absolute atomic E-state index is 10.9. The van der Waals surface area contributed by atoms with Gasteiger partial charge in [-0.3, -0.25) is 0 Å². The van der Waals surface area contributed by atoms with Crippen LogP contribution in [-0.2, 0) is 14.5 Å². The molecule has 1 unspecified atom stereocenters. The molecular weight excluding hydrogens is 308 g/mol. The number of rotatable bonds is 7. The van der Waals surface area contributed by atoms with Gasteiger partial charge in [0.25, 0.3) is 0 Å². The molecule has 0 aromatic heterocycles. The van der Waals surface area contributed by atoms with Crippen molar-refractivity contribution in [3.63, 3.8) is 0 Å². The van der Waals surface area contributed by atoms with Gasteiger partial charge in [0.15, 0.2) is 0 Å². The second-order valence-corrected chi connectivity index (χ2v) is 9.44. The molecule has 0 N–H and O–H groups in total. The molecule has 1 aromatic rings. The average Bonchev–Trinajstić information content (AvgIpc) is 2.35. The van der Waals surface area contributed by atoms with Crippen molar-refractivity contribution in [1.29, 1.82) is 0 Å². The molecule has 0 amide bonds. The van der Waals surface area contributed by atoms with E-state index in [9.17, 15) is 8.42 Å². The predicted molar refractivity (Wildman–Crippen MR) is 88.7 cm³/mol. The Morgan fingerprint density at radius 2 is 1.71 bits per heavy atom. The molecule has 0 fully saturated rings. The number of halogens is 1. The summed E-state index contributed by atoms with van der Waals surface area (Å²) < 4.78 is 27.4. The zero-order valence-electron chi connectivity index (χ0n) is 13.2. The van der Waals surface area contributed by atoms with E-state index in [1.54, 1.807) is 0 Å². The van der Waals surface area contributed by atoms with Crippen LogP contribution in [-0.4, -0.2) is 20.8 Å². The highest BCUT2D eigenvalue weighted by Gasteiger charge is 2.13. The van der Waals surface area contributed by atoms with Crippen LogP contribution in [0.15, 0.2) is 24.3 Å². The van der Waals surface area contributed by atoms with E-state index in [1.165, 1.54) is 5.56 Å². The van der Waals surface area contributed by atoms with Crippen molar-refractivity contribution in [2.45, 2.75) is 46.0 Å². The van der Waals surface area contributed by atoms with Crippen LogP contribution < -0.4 is 4.74 Å². The minimum Gasteiger partial charge on any atom is -0.494 e. The van der Waals surface area contributed by atoms with E-state index in [0.717, 1.165) is 12.2 Å². The molecule has 0 aliphatic heterocycles. The molecule has 1 aromatic carbocycles. The van der Waals surface area contributed by atoms with Crippen LogP contribution in [0.2, 0.25) is 0 Å². The van der Waals surface area contributed by atoms with Gasteiger partial charge < -0.3 is 4.74 Å². The summed E-state index contributed by atoms with van der Waals surface area (Å²) in [6, 6.07) is 8.13. The first kappa shape index (κ1) is 18.3. The van der Waals surface area contributed by atoms with Crippen molar-refractivity contribution in [1.82, 2.24) is 0 Å². The van der Waals surface area contributed by atoms with Gasteiger partial charge in [0.1, 0.15) is 5.75 Å². The molecule has 5 heteroatoms.